The summed E-state index contributed by atoms with van der Waals surface area (Å²) in [6.45, 7) is 7.38. The summed E-state index contributed by atoms with van der Waals surface area (Å²) in [5, 5.41) is 1.02. The van der Waals surface area contributed by atoms with Crippen molar-refractivity contribution in [2.24, 2.45) is 0 Å². The molecule has 6 aromatic rings. The molecular weight excluding hydrogens is 973 g/mol. The van der Waals surface area contributed by atoms with Crippen LogP contribution < -0.4 is 18.9 Å². The van der Waals surface area contributed by atoms with Crippen molar-refractivity contribution in [2.45, 2.75) is 181 Å². The molecule has 0 radical (unpaired) electrons. The van der Waals surface area contributed by atoms with Gasteiger partial charge in [-0.15, -0.1) is 0 Å². The Balaban J connectivity index is 0.919. The van der Waals surface area contributed by atoms with Crippen molar-refractivity contribution >= 4 is 15.9 Å². The van der Waals surface area contributed by atoms with Crippen LogP contribution in [0.15, 0.2) is 140 Å². The van der Waals surface area contributed by atoms with E-state index in [2.05, 4.69) is 169 Å². The van der Waals surface area contributed by atoms with Crippen LogP contribution in [0.3, 0.4) is 0 Å². The molecule has 0 aliphatic rings. The van der Waals surface area contributed by atoms with E-state index in [0.717, 1.165) is 98.5 Å². The van der Waals surface area contributed by atoms with Gasteiger partial charge in [-0.1, -0.05) is 248 Å². The molecule has 0 amide bonds. The Hall–Kier alpha value is -5.00. The molecule has 0 saturated carbocycles. The number of benzene rings is 6. The van der Waals surface area contributed by atoms with Crippen molar-refractivity contribution in [3.05, 3.63) is 156 Å². The van der Waals surface area contributed by atoms with Gasteiger partial charge in [-0.05, 0) is 138 Å². The molecule has 0 bridgehead atoms. The van der Waals surface area contributed by atoms with Gasteiger partial charge in [0.05, 0.1) is 26.4 Å². The molecule has 0 spiro atoms. The van der Waals surface area contributed by atoms with E-state index in [1.54, 1.807) is 0 Å². The average molecular weight is 1060 g/mol. The molecule has 0 N–H and O–H groups in total. The Morgan fingerprint density at radius 1 is 0.270 bits per heavy atom. The SMILES string of the molecule is CCCCCCCCCCCCOc1ccc(-c2ccc(CCCOc3ccc(-c4ccc(CCCBr)cc4)cc3OCCCc3ccc(-c4ccc(OCCCCCCCCCCCC)cc4)cc3)cc2)cc1. The Morgan fingerprint density at radius 3 is 0.946 bits per heavy atom. The molecule has 0 unspecified atom stereocenters. The third-order valence-electron chi connectivity index (χ3n) is 14.4. The Labute approximate surface area is 457 Å². The lowest BCUT2D eigenvalue weighted by molar-refractivity contribution is 0.263. The van der Waals surface area contributed by atoms with Crippen LogP contribution in [-0.4, -0.2) is 31.8 Å². The van der Waals surface area contributed by atoms with Crippen LogP contribution in [0, 0.1) is 0 Å². The topological polar surface area (TPSA) is 36.9 Å². The normalized spacial score (nSPS) is 11.2. The van der Waals surface area contributed by atoms with Crippen LogP contribution in [-0.2, 0) is 19.3 Å². The van der Waals surface area contributed by atoms with Gasteiger partial charge in [0.15, 0.2) is 11.5 Å². The molecule has 0 fully saturated rings. The Kier molecular flexibility index (Phi) is 28.4. The van der Waals surface area contributed by atoms with E-state index in [1.807, 2.05) is 0 Å². The molecule has 0 heterocycles. The maximum atomic E-state index is 6.55. The van der Waals surface area contributed by atoms with Gasteiger partial charge in [0.2, 0.25) is 0 Å². The van der Waals surface area contributed by atoms with Gasteiger partial charge in [-0.3, -0.25) is 0 Å². The van der Waals surface area contributed by atoms with Crippen molar-refractivity contribution in [2.75, 3.05) is 31.8 Å². The first kappa shape index (κ1) is 58.3. The second-order valence-electron chi connectivity index (χ2n) is 20.6. The first-order chi connectivity index (χ1) is 36.6. The van der Waals surface area contributed by atoms with E-state index in [0.29, 0.717) is 13.2 Å². The monoisotopic (exact) mass is 1060 g/mol. The summed E-state index contributed by atoms with van der Waals surface area (Å²) in [6, 6.07) is 50.4. The van der Waals surface area contributed by atoms with E-state index in [9.17, 15) is 0 Å². The van der Waals surface area contributed by atoms with Crippen molar-refractivity contribution in [1.82, 2.24) is 0 Å². The number of unbranched alkanes of at least 4 members (excludes halogenated alkanes) is 18. The number of rotatable bonds is 40. The average Bonchev–Trinajstić information content (AvgIpc) is 3.44. The lowest BCUT2D eigenvalue weighted by atomic mass is 10.0. The van der Waals surface area contributed by atoms with E-state index >= 15 is 0 Å². The highest BCUT2D eigenvalue weighted by molar-refractivity contribution is 9.09. The number of hydrogen-bond acceptors (Lipinski definition) is 4. The largest absolute Gasteiger partial charge is 0.494 e. The summed E-state index contributed by atoms with van der Waals surface area (Å²) in [5.41, 5.74) is 11.2. The highest BCUT2D eigenvalue weighted by Gasteiger charge is 2.11. The zero-order chi connectivity index (χ0) is 51.5. The zero-order valence-electron chi connectivity index (χ0n) is 45.7. The van der Waals surface area contributed by atoms with Crippen molar-refractivity contribution in [3.8, 4) is 56.4 Å². The third-order valence-corrected chi connectivity index (χ3v) is 14.9. The van der Waals surface area contributed by atoms with Crippen molar-refractivity contribution < 1.29 is 18.9 Å². The van der Waals surface area contributed by atoms with Gasteiger partial charge in [0.1, 0.15) is 11.5 Å². The molecule has 0 aliphatic heterocycles. The molecular formula is C69H91BrO4. The molecule has 6 aromatic carbocycles. The maximum Gasteiger partial charge on any atom is 0.161 e. The lowest BCUT2D eigenvalue weighted by Crippen LogP contribution is -2.04. The molecule has 0 aliphatic carbocycles. The fourth-order valence-corrected chi connectivity index (χ4v) is 10.0. The predicted octanol–water partition coefficient (Wildman–Crippen LogP) is 20.6. The predicted molar refractivity (Wildman–Crippen MR) is 320 cm³/mol. The van der Waals surface area contributed by atoms with Gasteiger partial charge >= 0.3 is 0 Å². The van der Waals surface area contributed by atoms with Crippen LogP contribution in [0.4, 0.5) is 0 Å². The molecule has 0 saturated heterocycles. The Bertz CT molecular complexity index is 2340. The van der Waals surface area contributed by atoms with Crippen molar-refractivity contribution in [1.29, 1.82) is 0 Å². The molecule has 4 nitrogen and oxygen atoms in total. The number of hydrogen-bond donors (Lipinski definition) is 0. The lowest BCUT2D eigenvalue weighted by Gasteiger charge is -2.15. The second-order valence-corrected chi connectivity index (χ2v) is 21.4. The van der Waals surface area contributed by atoms with Crippen molar-refractivity contribution in [3.63, 3.8) is 0 Å². The molecule has 398 valence electrons. The quantitative estimate of drug-likeness (QED) is 0.0284. The molecule has 0 aromatic heterocycles. The summed E-state index contributed by atoms with van der Waals surface area (Å²) < 4.78 is 25.2. The van der Waals surface area contributed by atoms with Crippen LogP contribution in [0.2, 0.25) is 0 Å². The van der Waals surface area contributed by atoms with Crippen LogP contribution >= 0.6 is 15.9 Å². The Morgan fingerprint density at radius 2 is 0.568 bits per heavy atom. The zero-order valence-corrected chi connectivity index (χ0v) is 47.3. The van der Waals surface area contributed by atoms with Crippen LogP contribution in [0.1, 0.15) is 178 Å². The summed E-state index contributed by atoms with van der Waals surface area (Å²) in [4.78, 5) is 0. The highest BCUT2D eigenvalue weighted by Crippen LogP contribution is 2.34. The number of aryl methyl sites for hydroxylation is 3. The summed E-state index contributed by atoms with van der Waals surface area (Å²) in [7, 11) is 0. The highest BCUT2D eigenvalue weighted by atomic mass is 79.9. The van der Waals surface area contributed by atoms with Gasteiger partial charge in [-0.25, -0.2) is 0 Å². The van der Waals surface area contributed by atoms with Crippen LogP contribution in [0.25, 0.3) is 33.4 Å². The molecule has 6 rings (SSSR count). The van der Waals surface area contributed by atoms with E-state index in [4.69, 9.17) is 18.9 Å². The third kappa shape index (κ3) is 22.5. The first-order valence-corrected chi connectivity index (χ1v) is 30.4. The summed E-state index contributed by atoms with van der Waals surface area (Å²) >= 11 is 3.57. The fraction of sp³-hybridized carbons (Fsp3) is 0.478. The van der Waals surface area contributed by atoms with E-state index in [1.165, 1.54) is 160 Å². The maximum absolute atomic E-state index is 6.55. The minimum atomic E-state index is 0.606. The van der Waals surface area contributed by atoms with Gasteiger partial charge in [-0.2, -0.15) is 0 Å². The summed E-state index contributed by atoms with van der Waals surface area (Å²) in [6.07, 6.45) is 32.6. The molecule has 0 atom stereocenters. The van der Waals surface area contributed by atoms with Crippen LogP contribution in [0.5, 0.6) is 23.0 Å². The van der Waals surface area contributed by atoms with Gasteiger partial charge in [0.25, 0.3) is 0 Å². The fourth-order valence-electron chi connectivity index (χ4n) is 9.75. The van der Waals surface area contributed by atoms with E-state index in [-0.39, 0.29) is 0 Å². The summed E-state index contributed by atoms with van der Waals surface area (Å²) in [5.74, 6) is 3.52. The molecule has 5 heteroatoms. The number of ether oxygens (including phenoxy) is 4. The minimum absolute atomic E-state index is 0.606. The molecule has 74 heavy (non-hydrogen) atoms. The standard InChI is InChI=1S/C69H91BrO4/c1-3-5-7-9-11-13-15-17-19-21-52-71-66-46-41-62(42-47-66)60-35-29-58(30-36-60)27-24-54-73-68-50-45-65(64-39-33-57(34-40-64)26-23-51-70)56-69(68)74-55-25-28-59-31-37-61(38-32-59)63-43-48-67(49-44-63)72-53-22-20-18-16-14-12-10-8-6-4-2/h29-50,56H,3-28,51-55H2,1-2H3. The smallest absolute Gasteiger partial charge is 0.161 e. The van der Waals surface area contributed by atoms with Gasteiger partial charge in [0, 0.05) is 5.33 Å². The minimum Gasteiger partial charge on any atom is -0.494 e. The first-order valence-electron chi connectivity index (χ1n) is 29.3. The number of alkyl halides is 1. The second kappa shape index (κ2) is 36.1. The van der Waals surface area contributed by atoms with Gasteiger partial charge < -0.3 is 18.9 Å². The number of halogens is 1. The van der Waals surface area contributed by atoms with E-state index < -0.39 is 0 Å².